The van der Waals surface area contributed by atoms with Gasteiger partial charge < -0.3 is 9.08 Å². The van der Waals surface area contributed by atoms with Crippen LogP contribution < -0.4 is 0 Å². The third-order valence-corrected chi connectivity index (χ3v) is 2.07. The molecule has 0 aliphatic rings. The fraction of sp³-hybridized carbons (Fsp3) is 0.400. The van der Waals surface area contributed by atoms with Crippen molar-refractivity contribution in [3.05, 3.63) is 11.5 Å². The van der Waals surface area contributed by atoms with Gasteiger partial charge >= 0.3 is 0 Å². The van der Waals surface area contributed by atoms with Crippen molar-refractivity contribution in [2.75, 3.05) is 0 Å². The zero-order chi connectivity index (χ0) is 7.72. The van der Waals surface area contributed by atoms with Crippen molar-refractivity contribution < 1.29 is 13.3 Å². The summed E-state index contributed by atoms with van der Waals surface area (Å²) in [7, 11) is 0. The van der Waals surface area contributed by atoms with E-state index in [1.807, 2.05) is 0 Å². The van der Waals surface area contributed by atoms with Gasteiger partial charge in [0.15, 0.2) is 16.8 Å². The lowest BCUT2D eigenvalue weighted by atomic mass is 10.4. The maximum absolute atomic E-state index is 10.5. The summed E-state index contributed by atoms with van der Waals surface area (Å²) in [6.07, 6.45) is 0. The van der Waals surface area contributed by atoms with Crippen LogP contribution in [0.5, 0.6) is 0 Å². The Morgan fingerprint density at radius 3 is 2.40 bits per heavy atom. The molecule has 0 fully saturated rings. The van der Waals surface area contributed by atoms with Gasteiger partial charge in [-0.15, -0.1) is 0 Å². The van der Waals surface area contributed by atoms with Crippen LogP contribution in [-0.4, -0.2) is 13.9 Å². The van der Waals surface area contributed by atoms with Crippen LogP contribution in [0.15, 0.2) is 9.42 Å². The second kappa shape index (κ2) is 2.51. The molecule has 1 aromatic rings. The van der Waals surface area contributed by atoms with Gasteiger partial charge in [-0.25, -0.2) is 4.21 Å². The van der Waals surface area contributed by atoms with E-state index in [1.54, 1.807) is 13.8 Å². The summed E-state index contributed by atoms with van der Waals surface area (Å²) in [5.74, 6) is 0.401. The minimum atomic E-state index is -1.98. The van der Waals surface area contributed by atoms with Gasteiger partial charge in [0.05, 0.1) is 5.69 Å². The summed E-state index contributed by atoms with van der Waals surface area (Å²) in [5, 5.41) is 3.51. The largest absolute Gasteiger partial charge is 0.360 e. The number of aryl methyl sites for hydroxylation is 2. The molecule has 0 saturated carbocycles. The minimum absolute atomic E-state index is 0.278. The smallest absolute Gasteiger partial charge is 0.192 e. The summed E-state index contributed by atoms with van der Waals surface area (Å²) in [4.78, 5) is 0.278. The first-order valence-electron chi connectivity index (χ1n) is 2.66. The Bertz CT molecular complexity index is 248. The maximum atomic E-state index is 10.5. The molecule has 0 radical (unpaired) electrons. The molecule has 10 heavy (non-hydrogen) atoms. The number of aromatic nitrogens is 1. The Balaban J connectivity index is 3.23. The van der Waals surface area contributed by atoms with Gasteiger partial charge in [0, 0.05) is 0 Å². The van der Waals surface area contributed by atoms with E-state index in [1.165, 1.54) is 0 Å². The highest BCUT2D eigenvalue weighted by Crippen LogP contribution is 2.14. The molecule has 56 valence electrons. The Kier molecular flexibility index (Phi) is 1.87. The highest BCUT2D eigenvalue weighted by molar-refractivity contribution is 7.79. The highest BCUT2D eigenvalue weighted by atomic mass is 32.2. The van der Waals surface area contributed by atoms with Crippen LogP contribution in [0, 0.1) is 13.8 Å². The SMILES string of the molecule is Cc1noc(C)c1S(=O)O. The molecule has 4 nitrogen and oxygen atoms in total. The molecule has 0 bridgehead atoms. The number of rotatable bonds is 1. The summed E-state index contributed by atoms with van der Waals surface area (Å²) in [6.45, 7) is 3.23. The Hall–Kier alpha value is -0.680. The molecule has 0 aromatic carbocycles. The quantitative estimate of drug-likeness (QED) is 0.621. The molecule has 1 aromatic heterocycles. The van der Waals surface area contributed by atoms with Gasteiger partial charge in [-0.05, 0) is 13.8 Å². The van der Waals surface area contributed by atoms with Crippen LogP contribution in [-0.2, 0) is 11.1 Å². The van der Waals surface area contributed by atoms with E-state index >= 15 is 0 Å². The van der Waals surface area contributed by atoms with Crippen LogP contribution >= 0.6 is 0 Å². The van der Waals surface area contributed by atoms with Gasteiger partial charge in [-0.1, -0.05) is 5.16 Å². The van der Waals surface area contributed by atoms with Crippen molar-refractivity contribution in [2.24, 2.45) is 0 Å². The Morgan fingerprint density at radius 2 is 2.20 bits per heavy atom. The van der Waals surface area contributed by atoms with Crippen molar-refractivity contribution >= 4 is 11.1 Å². The molecule has 1 rings (SSSR count). The van der Waals surface area contributed by atoms with Gasteiger partial charge in [-0.2, -0.15) is 0 Å². The van der Waals surface area contributed by atoms with Crippen LogP contribution in [0.3, 0.4) is 0 Å². The molecule has 0 aliphatic carbocycles. The van der Waals surface area contributed by atoms with E-state index < -0.39 is 11.1 Å². The van der Waals surface area contributed by atoms with Crippen LogP contribution in [0.1, 0.15) is 11.5 Å². The van der Waals surface area contributed by atoms with Crippen molar-refractivity contribution in [3.63, 3.8) is 0 Å². The zero-order valence-electron chi connectivity index (χ0n) is 5.62. The van der Waals surface area contributed by atoms with Gasteiger partial charge in [-0.3, -0.25) is 0 Å². The van der Waals surface area contributed by atoms with E-state index in [2.05, 4.69) is 9.68 Å². The van der Waals surface area contributed by atoms with Crippen molar-refractivity contribution in [1.29, 1.82) is 0 Å². The first kappa shape index (κ1) is 7.43. The number of hydrogen-bond donors (Lipinski definition) is 1. The topological polar surface area (TPSA) is 63.3 Å². The summed E-state index contributed by atoms with van der Waals surface area (Å²) in [6, 6.07) is 0. The average Bonchev–Trinajstić information content (AvgIpc) is 2.11. The fourth-order valence-electron chi connectivity index (χ4n) is 0.724. The lowest BCUT2D eigenvalue weighted by Crippen LogP contribution is -1.90. The highest BCUT2D eigenvalue weighted by Gasteiger charge is 2.13. The minimum Gasteiger partial charge on any atom is -0.360 e. The van der Waals surface area contributed by atoms with E-state index in [4.69, 9.17) is 4.55 Å². The van der Waals surface area contributed by atoms with Crippen LogP contribution in [0.4, 0.5) is 0 Å². The first-order chi connectivity index (χ1) is 4.63. The van der Waals surface area contributed by atoms with E-state index in [0.717, 1.165) is 0 Å². The third kappa shape index (κ3) is 1.10. The van der Waals surface area contributed by atoms with Crippen molar-refractivity contribution in [1.82, 2.24) is 5.16 Å². The van der Waals surface area contributed by atoms with Gasteiger partial charge in [0.1, 0.15) is 4.90 Å². The van der Waals surface area contributed by atoms with Gasteiger partial charge in [0.25, 0.3) is 0 Å². The predicted octanol–water partition coefficient (Wildman–Crippen LogP) is 0.872. The molecule has 0 spiro atoms. The second-order valence-corrected chi connectivity index (χ2v) is 2.81. The predicted molar refractivity (Wildman–Crippen MR) is 35.0 cm³/mol. The second-order valence-electron chi connectivity index (χ2n) is 1.90. The fourth-order valence-corrected chi connectivity index (χ4v) is 1.30. The number of nitrogens with zero attached hydrogens (tertiary/aromatic N) is 1. The van der Waals surface area contributed by atoms with E-state index in [0.29, 0.717) is 11.5 Å². The van der Waals surface area contributed by atoms with Crippen LogP contribution in [0.2, 0.25) is 0 Å². The molecule has 1 unspecified atom stereocenters. The van der Waals surface area contributed by atoms with Crippen molar-refractivity contribution in [2.45, 2.75) is 18.7 Å². The number of hydrogen-bond acceptors (Lipinski definition) is 3. The first-order valence-corrected chi connectivity index (χ1v) is 3.77. The Morgan fingerprint density at radius 1 is 1.60 bits per heavy atom. The van der Waals surface area contributed by atoms with Crippen LogP contribution in [0.25, 0.3) is 0 Å². The molecule has 5 heteroatoms. The molecule has 1 N–H and O–H groups in total. The molecule has 0 aliphatic heterocycles. The molecule has 1 heterocycles. The molecule has 1 atom stereocenters. The monoisotopic (exact) mass is 161 g/mol. The summed E-state index contributed by atoms with van der Waals surface area (Å²) in [5.41, 5.74) is 0.471. The molecular formula is C5H7NO3S. The maximum Gasteiger partial charge on any atom is 0.192 e. The average molecular weight is 161 g/mol. The summed E-state index contributed by atoms with van der Waals surface area (Å²) >= 11 is -1.98. The lowest BCUT2D eigenvalue weighted by molar-refractivity contribution is 0.390. The third-order valence-electron chi connectivity index (χ3n) is 1.14. The van der Waals surface area contributed by atoms with Crippen molar-refractivity contribution in [3.8, 4) is 0 Å². The Labute approximate surface area is 60.5 Å². The zero-order valence-corrected chi connectivity index (χ0v) is 6.44. The standard InChI is InChI=1S/C5H7NO3S/c1-3-5(10(7)8)4(2)9-6-3/h1-2H3,(H,7,8). The molecular weight excluding hydrogens is 154 g/mol. The summed E-state index contributed by atoms with van der Waals surface area (Å²) < 4.78 is 23.8. The molecule has 0 amide bonds. The van der Waals surface area contributed by atoms with Gasteiger partial charge in [0.2, 0.25) is 0 Å². The molecule has 0 saturated heterocycles. The van der Waals surface area contributed by atoms with E-state index in [-0.39, 0.29) is 4.90 Å². The lowest BCUT2D eigenvalue weighted by Gasteiger charge is -1.87. The normalized spacial score (nSPS) is 13.5. The van der Waals surface area contributed by atoms with E-state index in [9.17, 15) is 4.21 Å².